The second-order valence-corrected chi connectivity index (χ2v) is 11.5. The maximum absolute atomic E-state index is 16.0. The largest absolute Gasteiger partial charge is 0.472 e. The van der Waals surface area contributed by atoms with Gasteiger partial charge in [-0.05, 0) is 0 Å². The number of nitrogens with zero attached hydrogens (tertiary/aromatic N) is 8. The smallest absolute Gasteiger partial charge is 0.390 e. The number of hydrogen-bond acceptors (Lipinski definition) is 15. The quantitative estimate of drug-likeness (QED) is 0.184. The first-order chi connectivity index (χ1) is 20.5. The Morgan fingerprint density at radius 2 is 1.65 bits per heavy atom. The van der Waals surface area contributed by atoms with Crippen LogP contribution in [0, 0.1) is 5.92 Å². The molecule has 232 valence electrons. The Labute approximate surface area is 240 Å². The number of ether oxygens (including phenoxy) is 2. The SMILES string of the molecule is CC1C(O)COC2C(F)C(COP(=O)(O)OC(C(O)n3cnc4c(N)ncnc43)C1F)OC2n1cnc2c(N)ncnc21. The van der Waals surface area contributed by atoms with Gasteiger partial charge in [0, 0.05) is 5.92 Å². The zero-order valence-electron chi connectivity index (χ0n) is 22.2. The van der Waals surface area contributed by atoms with E-state index in [1.165, 1.54) is 24.1 Å². The van der Waals surface area contributed by atoms with Gasteiger partial charge in [-0.1, -0.05) is 6.92 Å². The molecule has 0 aromatic carbocycles. The molecule has 7 N–H and O–H groups in total. The molecule has 0 spiro atoms. The van der Waals surface area contributed by atoms with Gasteiger partial charge in [0.15, 0.2) is 41.6 Å². The number of phosphoric acid groups is 1. The van der Waals surface area contributed by atoms with Crippen molar-refractivity contribution in [2.24, 2.45) is 5.92 Å². The van der Waals surface area contributed by atoms with Crippen molar-refractivity contribution in [2.45, 2.75) is 56.1 Å². The number of aliphatic hydroxyl groups is 2. The van der Waals surface area contributed by atoms with Crippen molar-refractivity contribution in [1.29, 1.82) is 0 Å². The predicted octanol–water partition coefficient (Wildman–Crippen LogP) is -0.207. The van der Waals surface area contributed by atoms with Gasteiger partial charge in [0.05, 0.1) is 32.0 Å². The molecular weight excluding hydrogens is 601 g/mol. The molecule has 2 fully saturated rings. The van der Waals surface area contributed by atoms with E-state index in [2.05, 4.69) is 29.9 Å². The molecular formula is C22H27F2N10O8P. The molecule has 2 aliphatic heterocycles. The maximum Gasteiger partial charge on any atom is 0.472 e. The van der Waals surface area contributed by atoms with Crippen LogP contribution >= 0.6 is 7.82 Å². The van der Waals surface area contributed by atoms with Crippen molar-refractivity contribution in [3.05, 3.63) is 25.3 Å². The van der Waals surface area contributed by atoms with Gasteiger partial charge < -0.3 is 36.0 Å². The first-order valence-electron chi connectivity index (χ1n) is 12.9. The van der Waals surface area contributed by atoms with Crippen LogP contribution in [-0.4, -0.2) is 104 Å². The molecule has 6 rings (SSSR count). The Balaban J connectivity index is 1.31. The predicted molar refractivity (Wildman–Crippen MR) is 140 cm³/mol. The lowest BCUT2D eigenvalue weighted by molar-refractivity contribution is -0.121. The average Bonchev–Trinajstić information content (AvgIpc) is 3.69. The number of rotatable bonds is 3. The fourth-order valence-electron chi connectivity index (χ4n) is 5.01. The lowest BCUT2D eigenvalue weighted by Crippen LogP contribution is -2.43. The summed E-state index contributed by atoms with van der Waals surface area (Å²) in [6.45, 7) is -0.190. The van der Waals surface area contributed by atoms with Crippen LogP contribution in [0.5, 0.6) is 0 Å². The Kier molecular flexibility index (Phi) is 7.71. The maximum atomic E-state index is 16.0. The summed E-state index contributed by atoms with van der Waals surface area (Å²) in [5.41, 5.74) is 12.1. The summed E-state index contributed by atoms with van der Waals surface area (Å²) in [6.07, 6.45) is -9.60. The van der Waals surface area contributed by atoms with E-state index < -0.39 is 76.2 Å². The number of aliphatic hydroxyl groups excluding tert-OH is 2. The molecule has 0 radical (unpaired) electrons. The minimum Gasteiger partial charge on any atom is -0.390 e. The van der Waals surface area contributed by atoms with Crippen molar-refractivity contribution in [1.82, 2.24) is 39.0 Å². The standard InChI is InChI=1S/C22H27F2N10O8P/c1-8-9(35)2-39-16-12(24)10(41-22(16)34-7-32-14-18(26)28-5-30-20(14)34)3-40-43(37,38)42-15(11(8)23)21(36)33-6-31-13-17(25)27-4-29-19(13)33/h4-12,15-16,21-22,35-36H,2-3H2,1H3,(H,37,38)(H2,25,27,29)(H2,26,28,30). The molecule has 10 atom stereocenters. The van der Waals surface area contributed by atoms with Gasteiger partial charge >= 0.3 is 7.82 Å². The number of anilines is 2. The van der Waals surface area contributed by atoms with E-state index in [0.717, 1.165) is 17.2 Å². The first-order valence-corrected chi connectivity index (χ1v) is 14.4. The lowest BCUT2D eigenvalue weighted by atomic mass is 9.94. The molecule has 0 aliphatic carbocycles. The summed E-state index contributed by atoms with van der Waals surface area (Å²) < 4.78 is 68.7. The van der Waals surface area contributed by atoms with E-state index in [0.29, 0.717) is 0 Å². The number of aromatic nitrogens is 8. The molecule has 10 unspecified atom stereocenters. The molecule has 43 heavy (non-hydrogen) atoms. The third kappa shape index (κ3) is 5.29. The summed E-state index contributed by atoms with van der Waals surface area (Å²) in [5, 5.41) is 22.0. The van der Waals surface area contributed by atoms with E-state index in [4.69, 9.17) is 30.0 Å². The third-order valence-corrected chi connectivity index (χ3v) is 8.42. The highest BCUT2D eigenvalue weighted by molar-refractivity contribution is 7.47. The van der Waals surface area contributed by atoms with E-state index >= 15 is 8.78 Å². The monoisotopic (exact) mass is 628 g/mol. The van der Waals surface area contributed by atoms with Crippen LogP contribution in [0.2, 0.25) is 0 Å². The van der Waals surface area contributed by atoms with Crippen molar-refractivity contribution in [3.8, 4) is 0 Å². The minimum absolute atomic E-state index is 0.0278. The van der Waals surface area contributed by atoms with E-state index in [1.54, 1.807) is 0 Å². The minimum atomic E-state index is -5.22. The topological polar surface area (TPSA) is 254 Å². The van der Waals surface area contributed by atoms with Gasteiger partial charge in [-0.15, -0.1) is 0 Å². The first kappa shape index (κ1) is 29.6. The van der Waals surface area contributed by atoms with Crippen LogP contribution in [0.15, 0.2) is 25.3 Å². The van der Waals surface area contributed by atoms with Crippen LogP contribution in [0.4, 0.5) is 20.4 Å². The number of halogens is 2. The van der Waals surface area contributed by atoms with Gasteiger partial charge in [0.1, 0.15) is 48.2 Å². The molecule has 2 aliphatic rings. The van der Waals surface area contributed by atoms with Crippen molar-refractivity contribution in [2.75, 3.05) is 24.7 Å². The number of phosphoric ester groups is 1. The highest BCUT2D eigenvalue weighted by Crippen LogP contribution is 2.49. The number of fused-ring (bicyclic) bond motifs is 4. The Bertz CT molecular complexity index is 1680. The lowest BCUT2D eigenvalue weighted by Gasteiger charge is -2.33. The van der Waals surface area contributed by atoms with Crippen LogP contribution < -0.4 is 11.5 Å². The van der Waals surface area contributed by atoms with Crippen molar-refractivity contribution in [3.63, 3.8) is 0 Å². The van der Waals surface area contributed by atoms with Crippen molar-refractivity contribution >= 4 is 41.8 Å². The summed E-state index contributed by atoms with van der Waals surface area (Å²) in [7, 11) is -5.22. The van der Waals surface area contributed by atoms with Gasteiger partial charge in [-0.25, -0.2) is 43.2 Å². The van der Waals surface area contributed by atoms with Gasteiger partial charge in [0.25, 0.3) is 0 Å². The van der Waals surface area contributed by atoms with Gasteiger partial charge in [0.2, 0.25) is 0 Å². The second-order valence-electron chi connectivity index (χ2n) is 10.1. The molecule has 0 saturated carbocycles. The number of imidazole rings is 2. The highest BCUT2D eigenvalue weighted by atomic mass is 31.2. The summed E-state index contributed by atoms with van der Waals surface area (Å²) in [5.74, 6) is -1.37. The fourth-order valence-corrected chi connectivity index (χ4v) is 5.94. The summed E-state index contributed by atoms with van der Waals surface area (Å²) in [4.78, 5) is 34.4. The third-order valence-electron chi connectivity index (χ3n) is 7.43. The summed E-state index contributed by atoms with van der Waals surface area (Å²) >= 11 is 0. The van der Waals surface area contributed by atoms with Crippen LogP contribution in [0.25, 0.3) is 22.3 Å². The fraction of sp³-hybridized carbons (Fsp3) is 0.545. The van der Waals surface area contributed by atoms with Gasteiger partial charge in [-0.3, -0.25) is 18.2 Å². The molecule has 18 nitrogen and oxygen atoms in total. The molecule has 21 heteroatoms. The number of alkyl halides is 2. The van der Waals surface area contributed by atoms with E-state index in [-0.39, 0.29) is 34.0 Å². The zero-order valence-corrected chi connectivity index (χ0v) is 23.1. The van der Waals surface area contributed by atoms with E-state index in [1.807, 2.05) is 0 Å². The molecule has 2 bridgehead atoms. The van der Waals surface area contributed by atoms with Crippen LogP contribution in [0.3, 0.4) is 0 Å². The zero-order chi connectivity index (χ0) is 30.6. The summed E-state index contributed by atoms with van der Waals surface area (Å²) in [6, 6.07) is 0. The molecule has 2 saturated heterocycles. The van der Waals surface area contributed by atoms with Crippen LogP contribution in [-0.2, 0) is 23.1 Å². The molecule has 0 amide bonds. The Morgan fingerprint density at radius 3 is 2.37 bits per heavy atom. The van der Waals surface area contributed by atoms with Crippen LogP contribution in [0.1, 0.15) is 19.4 Å². The number of nitrogen functional groups attached to an aromatic ring is 2. The molecule has 4 aromatic rings. The van der Waals surface area contributed by atoms with Gasteiger partial charge in [-0.2, -0.15) is 0 Å². The molecule has 4 aromatic heterocycles. The Morgan fingerprint density at radius 1 is 1.00 bits per heavy atom. The second kappa shape index (κ2) is 11.2. The number of hydrogen-bond donors (Lipinski definition) is 5. The highest BCUT2D eigenvalue weighted by Gasteiger charge is 2.50. The Hall–Kier alpha value is -3.49. The average molecular weight is 628 g/mol. The van der Waals surface area contributed by atoms with Crippen molar-refractivity contribution < 1.29 is 47.0 Å². The number of nitrogens with two attached hydrogens (primary N) is 2. The van der Waals surface area contributed by atoms with E-state index in [9.17, 15) is 19.7 Å². The normalized spacial score (nSPS) is 34.9. The molecule has 6 heterocycles.